The molecule has 0 aliphatic rings. The summed E-state index contributed by atoms with van der Waals surface area (Å²) in [6.07, 6.45) is 3.88. The van der Waals surface area contributed by atoms with E-state index in [0.29, 0.717) is 6.54 Å². The maximum Gasteiger partial charge on any atom is 0.0702 e. The van der Waals surface area contributed by atoms with Gasteiger partial charge in [0.05, 0.1) is 18.8 Å². The third-order valence-electron chi connectivity index (χ3n) is 4.12. The van der Waals surface area contributed by atoms with Gasteiger partial charge in [-0.15, -0.1) is 0 Å². The highest BCUT2D eigenvalue weighted by Crippen LogP contribution is 2.24. The van der Waals surface area contributed by atoms with E-state index in [-0.39, 0.29) is 6.61 Å². The minimum Gasteiger partial charge on any atom is -0.392 e. The van der Waals surface area contributed by atoms with Crippen LogP contribution in [0.2, 0.25) is 0 Å². The first kappa shape index (κ1) is 13.0. The monoisotopic (exact) mass is 288 g/mol. The molecule has 4 aromatic rings. The normalized spacial score (nSPS) is 11.3. The van der Waals surface area contributed by atoms with Crippen molar-refractivity contribution < 1.29 is 5.11 Å². The minimum absolute atomic E-state index is 0.0521. The first-order chi connectivity index (χ1) is 10.9. The fourth-order valence-corrected chi connectivity index (χ4v) is 3.05. The second kappa shape index (κ2) is 5.28. The summed E-state index contributed by atoms with van der Waals surface area (Å²) in [7, 11) is 0. The van der Waals surface area contributed by atoms with Gasteiger partial charge in [0.15, 0.2) is 0 Å². The Balaban J connectivity index is 1.86. The Morgan fingerprint density at radius 2 is 1.68 bits per heavy atom. The van der Waals surface area contributed by atoms with Crippen molar-refractivity contribution in [3.63, 3.8) is 0 Å². The third kappa shape index (κ3) is 2.07. The molecule has 0 aliphatic carbocycles. The Labute approximate surface area is 128 Å². The van der Waals surface area contributed by atoms with Crippen LogP contribution in [-0.4, -0.2) is 14.7 Å². The maximum absolute atomic E-state index is 9.56. The van der Waals surface area contributed by atoms with Crippen LogP contribution in [0, 0.1) is 0 Å². The lowest BCUT2D eigenvalue weighted by Crippen LogP contribution is -2.01. The second-order valence-corrected chi connectivity index (χ2v) is 5.44. The van der Waals surface area contributed by atoms with Gasteiger partial charge >= 0.3 is 0 Å². The summed E-state index contributed by atoms with van der Waals surface area (Å²) in [5.41, 5.74) is 3.13. The van der Waals surface area contributed by atoms with Crippen LogP contribution >= 0.6 is 0 Å². The van der Waals surface area contributed by atoms with Gasteiger partial charge in [0.2, 0.25) is 0 Å². The molecule has 0 aliphatic heterocycles. The van der Waals surface area contributed by atoms with E-state index in [1.165, 1.54) is 10.8 Å². The molecule has 0 atom stereocenters. The van der Waals surface area contributed by atoms with Gasteiger partial charge in [-0.3, -0.25) is 4.98 Å². The Hall–Kier alpha value is -2.65. The Morgan fingerprint density at radius 1 is 0.909 bits per heavy atom. The number of hydrogen-bond donors (Lipinski definition) is 1. The summed E-state index contributed by atoms with van der Waals surface area (Å²) in [6.45, 7) is 0.748. The van der Waals surface area contributed by atoms with Crippen molar-refractivity contribution in [2.45, 2.75) is 13.2 Å². The van der Waals surface area contributed by atoms with E-state index >= 15 is 0 Å². The molecule has 2 heterocycles. The number of nitrogens with zero attached hydrogens (tertiary/aromatic N) is 2. The van der Waals surface area contributed by atoms with E-state index in [1.54, 1.807) is 0 Å². The second-order valence-electron chi connectivity index (χ2n) is 5.44. The molecule has 0 saturated carbocycles. The van der Waals surface area contributed by atoms with Crippen LogP contribution in [0.4, 0.5) is 0 Å². The van der Waals surface area contributed by atoms with Gasteiger partial charge in [-0.05, 0) is 17.5 Å². The van der Waals surface area contributed by atoms with E-state index in [4.69, 9.17) is 0 Å². The zero-order chi connectivity index (χ0) is 14.9. The van der Waals surface area contributed by atoms with Gasteiger partial charge in [0.1, 0.15) is 0 Å². The summed E-state index contributed by atoms with van der Waals surface area (Å²) in [4.78, 5) is 4.56. The predicted molar refractivity (Wildman–Crippen MR) is 88.7 cm³/mol. The van der Waals surface area contributed by atoms with E-state index in [0.717, 1.165) is 22.2 Å². The number of para-hydroxylation sites is 1. The highest BCUT2D eigenvalue weighted by atomic mass is 16.3. The quantitative estimate of drug-likeness (QED) is 0.624. The van der Waals surface area contributed by atoms with Crippen molar-refractivity contribution in [1.82, 2.24) is 9.55 Å². The summed E-state index contributed by atoms with van der Waals surface area (Å²) in [5, 5.41) is 13.0. The largest absolute Gasteiger partial charge is 0.392 e. The van der Waals surface area contributed by atoms with Gasteiger partial charge in [0, 0.05) is 34.2 Å². The van der Waals surface area contributed by atoms with Crippen LogP contribution in [0.15, 0.2) is 67.0 Å². The fraction of sp³-hybridized carbons (Fsp3) is 0.105. The van der Waals surface area contributed by atoms with Crippen LogP contribution in [0.5, 0.6) is 0 Å². The number of pyridine rings is 1. The molecule has 0 bridgehead atoms. The lowest BCUT2D eigenvalue weighted by molar-refractivity contribution is 0.283. The number of rotatable bonds is 3. The van der Waals surface area contributed by atoms with Gasteiger partial charge in [-0.1, -0.05) is 42.5 Å². The molecule has 0 unspecified atom stereocenters. The molecule has 2 aromatic heterocycles. The van der Waals surface area contributed by atoms with E-state index in [9.17, 15) is 5.11 Å². The molecule has 0 fully saturated rings. The Morgan fingerprint density at radius 3 is 2.55 bits per heavy atom. The molecule has 1 N–H and O–H groups in total. The maximum atomic E-state index is 9.56. The molecule has 0 amide bonds. The first-order valence-electron chi connectivity index (χ1n) is 7.37. The van der Waals surface area contributed by atoms with Crippen molar-refractivity contribution in [1.29, 1.82) is 0 Å². The fourth-order valence-electron chi connectivity index (χ4n) is 3.05. The number of fused-ring (bicyclic) bond motifs is 2. The smallest absolute Gasteiger partial charge is 0.0702 e. The lowest BCUT2D eigenvalue weighted by Gasteiger charge is -2.08. The van der Waals surface area contributed by atoms with Crippen molar-refractivity contribution in [2.75, 3.05) is 0 Å². The highest BCUT2D eigenvalue weighted by molar-refractivity contribution is 5.86. The Kier molecular flexibility index (Phi) is 3.13. The number of aliphatic hydroxyl groups excluding tert-OH is 1. The van der Waals surface area contributed by atoms with Crippen LogP contribution in [-0.2, 0) is 13.2 Å². The average Bonchev–Trinajstić information content (AvgIpc) is 2.93. The van der Waals surface area contributed by atoms with E-state index in [1.807, 2.05) is 48.8 Å². The standard InChI is InChI=1S/C19H16N2O/c22-13-15-11-21(19-8-4-3-7-17(15)19)12-18-16-6-2-1-5-14(16)9-10-20-18/h1-11,22H,12-13H2. The van der Waals surface area contributed by atoms with Crippen LogP contribution in [0.25, 0.3) is 21.7 Å². The first-order valence-corrected chi connectivity index (χ1v) is 7.37. The SMILES string of the molecule is OCc1cn(Cc2nccc3ccccc23)c2ccccc12. The third-order valence-corrected chi connectivity index (χ3v) is 4.12. The van der Waals surface area contributed by atoms with Gasteiger partial charge < -0.3 is 9.67 Å². The molecule has 108 valence electrons. The zero-order valence-electron chi connectivity index (χ0n) is 12.1. The molecule has 2 aromatic carbocycles. The molecule has 0 saturated heterocycles. The topological polar surface area (TPSA) is 38.0 Å². The van der Waals surface area contributed by atoms with Crippen LogP contribution < -0.4 is 0 Å². The van der Waals surface area contributed by atoms with Crippen molar-refractivity contribution in [2.24, 2.45) is 0 Å². The number of aliphatic hydroxyl groups is 1. The predicted octanol–water partition coefficient (Wildman–Crippen LogP) is 3.73. The number of hydrogen-bond acceptors (Lipinski definition) is 2. The zero-order valence-corrected chi connectivity index (χ0v) is 12.1. The van der Waals surface area contributed by atoms with Crippen molar-refractivity contribution in [3.05, 3.63) is 78.2 Å². The molecule has 3 nitrogen and oxygen atoms in total. The van der Waals surface area contributed by atoms with Crippen molar-refractivity contribution in [3.8, 4) is 0 Å². The molecular weight excluding hydrogens is 272 g/mol. The van der Waals surface area contributed by atoms with Crippen LogP contribution in [0.1, 0.15) is 11.3 Å². The molecular formula is C19H16N2O. The van der Waals surface area contributed by atoms with Crippen molar-refractivity contribution >= 4 is 21.7 Å². The Bertz CT molecular complexity index is 951. The van der Waals surface area contributed by atoms with Gasteiger partial charge in [-0.25, -0.2) is 0 Å². The number of aromatic nitrogens is 2. The lowest BCUT2D eigenvalue weighted by atomic mass is 10.1. The number of benzene rings is 2. The summed E-state index contributed by atoms with van der Waals surface area (Å²) >= 11 is 0. The summed E-state index contributed by atoms with van der Waals surface area (Å²) < 4.78 is 2.16. The summed E-state index contributed by atoms with van der Waals surface area (Å²) in [5.74, 6) is 0. The molecule has 0 spiro atoms. The molecule has 22 heavy (non-hydrogen) atoms. The van der Waals surface area contributed by atoms with Gasteiger partial charge in [0.25, 0.3) is 0 Å². The molecule has 4 rings (SSSR count). The van der Waals surface area contributed by atoms with E-state index < -0.39 is 0 Å². The minimum atomic E-state index is 0.0521. The molecule has 0 radical (unpaired) electrons. The molecule has 3 heteroatoms. The highest BCUT2D eigenvalue weighted by Gasteiger charge is 2.09. The summed E-state index contributed by atoms with van der Waals surface area (Å²) in [6, 6.07) is 18.5. The average molecular weight is 288 g/mol. The van der Waals surface area contributed by atoms with Gasteiger partial charge in [-0.2, -0.15) is 0 Å². The van der Waals surface area contributed by atoms with Crippen LogP contribution in [0.3, 0.4) is 0 Å². The van der Waals surface area contributed by atoms with E-state index in [2.05, 4.69) is 27.8 Å².